The number of hydrogen-bond donors (Lipinski definition) is 1. The predicted molar refractivity (Wildman–Crippen MR) is 130 cm³/mol. The van der Waals surface area contributed by atoms with Crippen molar-refractivity contribution < 1.29 is 26.0 Å². The molecule has 1 heterocycles. The van der Waals surface area contributed by atoms with Crippen LogP contribution in [0.5, 0.6) is 0 Å². The number of amides is 1. The molecule has 0 radical (unpaired) electrons. The molecule has 3 rings (SSSR count). The molecule has 2 aromatic rings. The van der Waals surface area contributed by atoms with Crippen molar-refractivity contribution in [3.8, 4) is 0 Å². The Morgan fingerprint density at radius 2 is 1.43 bits per heavy atom. The van der Waals surface area contributed by atoms with Gasteiger partial charge in [0.15, 0.2) is 0 Å². The lowest BCUT2D eigenvalue weighted by Gasteiger charge is -2.33. The molecule has 1 N–H and O–H groups in total. The Kier molecular flexibility index (Phi) is 9.00. The molecule has 0 aliphatic carbocycles. The average molecular weight is 527 g/mol. The van der Waals surface area contributed by atoms with Gasteiger partial charge in [-0.05, 0) is 48.5 Å². The summed E-state index contributed by atoms with van der Waals surface area (Å²) in [6, 6.07) is 10.6. The highest BCUT2D eigenvalue weighted by atomic mass is 32.2. The van der Waals surface area contributed by atoms with E-state index in [1.165, 1.54) is 45.0 Å². The Labute approximate surface area is 206 Å². The molecule has 35 heavy (non-hydrogen) atoms. The van der Waals surface area contributed by atoms with Crippen LogP contribution in [0.15, 0.2) is 58.3 Å². The van der Waals surface area contributed by atoms with E-state index in [1.807, 2.05) is 0 Å². The molecule has 1 saturated heterocycles. The summed E-state index contributed by atoms with van der Waals surface area (Å²) in [5.74, 6) is -0.800. The number of nitrogens with zero attached hydrogens (tertiary/aromatic N) is 3. The quantitative estimate of drug-likeness (QED) is 0.504. The molecule has 0 atom stereocenters. The number of piperazine rings is 1. The lowest BCUT2D eigenvalue weighted by atomic mass is 10.2. The number of sulfonamides is 2. The molecule has 0 spiro atoms. The van der Waals surface area contributed by atoms with Gasteiger partial charge in [-0.25, -0.2) is 21.2 Å². The fourth-order valence-electron chi connectivity index (χ4n) is 3.87. The number of carbonyl (C=O) groups excluding carboxylic acids is 1. The van der Waals surface area contributed by atoms with Crippen molar-refractivity contribution in [1.82, 2.24) is 18.8 Å². The van der Waals surface area contributed by atoms with Crippen molar-refractivity contribution in [2.45, 2.75) is 23.6 Å². The summed E-state index contributed by atoms with van der Waals surface area (Å²) in [5, 5.41) is 2.81. The van der Waals surface area contributed by atoms with Gasteiger partial charge in [-0.2, -0.15) is 8.61 Å². The molecular formula is C23H31FN4O5S2. The van der Waals surface area contributed by atoms with Gasteiger partial charge in [-0.1, -0.05) is 13.8 Å². The Bertz CT molecular complexity index is 1210. The standard InChI is InChI=1S/C23H31FN4O5S2/c1-3-27(4-2)34(30,31)21-9-5-19(6-10-21)23(29)25-13-14-26-15-17-28(18-16-26)35(32,33)22-11-7-20(24)8-12-22/h5-12H,3-4,13-18H2,1-2H3,(H,25,29). The second kappa shape index (κ2) is 11.6. The number of hydrogen-bond acceptors (Lipinski definition) is 6. The molecule has 192 valence electrons. The van der Waals surface area contributed by atoms with Gasteiger partial charge in [-0.3, -0.25) is 9.69 Å². The number of nitrogens with one attached hydrogen (secondary N) is 1. The summed E-state index contributed by atoms with van der Waals surface area (Å²) in [7, 11) is -7.25. The second-order valence-corrected chi connectivity index (χ2v) is 11.9. The molecule has 0 saturated carbocycles. The molecule has 2 aromatic carbocycles. The zero-order valence-electron chi connectivity index (χ0n) is 19.9. The van der Waals surface area contributed by atoms with Crippen LogP contribution in [-0.4, -0.2) is 88.6 Å². The highest BCUT2D eigenvalue weighted by Crippen LogP contribution is 2.18. The summed E-state index contributed by atoms with van der Waals surface area (Å²) in [6.07, 6.45) is 0. The highest BCUT2D eigenvalue weighted by Gasteiger charge is 2.28. The van der Waals surface area contributed by atoms with Crippen LogP contribution in [0, 0.1) is 5.82 Å². The number of halogens is 1. The first kappa shape index (κ1) is 27.2. The second-order valence-electron chi connectivity index (χ2n) is 8.07. The van der Waals surface area contributed by atoms with E-state index >= 15 is 0 Å². The largest absolute Gasteiger partial charge is 0.351 e. The number of carbonyl (C=O) groups is 1. The van der Waals surface area contributed by atoms with Crippen LogP contribution in [0.2, 0.25) is 0 Å². The van der Waals surface area contributed by atoms with Crippen molar-refractivity contribution in [1.29, 1.82) is 0 Å². The maximum Gasteiger partial charge on any atom is 0.251 e. The van der Waals surface area contributed by atoms with Crippen molar-refractivity contribution >= 4 is 26.0 Å². The minimum Gasteiger partial charge on any atom is -0.351 e. The number of rotatable bonds is 10. The third-order valence-electron chi connectivity index (χ3n) is 5.96. The van der Waals surface area contributed by atoms with E-state index in [2.05, 4.69) is 10.2 Å². The van der Waals surface area contributed by atoms with Crippen LogP contribution in [-0.2, 0) is 20.0 Å². The maximum atomic E-state index is 13.1. The lowest BCUT2D eigenvalue weighted by molar-refractivity contribution is 0.0945. The highest BCUT2D eigenvalue weighted by molar-refractivity contribution is 7.89. The summed E-state index contributed by atoms with van der Waals surface area (Å²) in [4.78, 5) is 14.7. The van der Waals surface area contributed by atoms with Crippen LogP contribution >= 0.6 is 0 Å². The fourth-order valence-corrected chi connectivity index (χ4v) is 6.75. The Balaban J connectivity index is 1.47. The predicted octanol–water partition coefficient (Wildman–Crippen LogP) is 1.59. The van der Waals surface area contributed by atoms with Gasteiger partial charge in [0.2, 0.25) is 20.0 Å². The van der Waals surface area contributed by atoms with Crippen LogP contribution in [0.4, 0.5) is 4.39 Å². The first-order valence-electron chi connectivity index (χ1n) is 11.5. The van der Waals surface area contributed by atoms with Crippen LogP contribution in [0.1, 0.15) is 24.2 Å². The van der Waals surface area contributed by atoms with Crippen molar-refractivity contribution in [3.05, 3.63) is 59.9 Å². The summed E-state index contributed by atoms with van der Waals surface area (Å²) >= 11 is 0. The molecule has 1 amide bonds. The van der Waals surface area contributed by atoms with Gasteiger partial charge in [0.1, 0.15) is 5.82 Å². The lowest BCUT2D eigenvalue weighted by Crippen LogP contribution is -2.50. The molecule has 1 aliphatic rings. The minimum atomic E-state index is -3.67. The van der Waals surface area contributed by atoms with E-state index in [-0.39, 0.29) is 15.7 Å². The molecule has 0 bridgehead atoms. The van der Waals surface area contributed by atoms with E-state index in [4.69, 9.17) is 0 Å². The fraction of sp³-hybridized carbons (Fsp3) is 0.435. The van der Waals surface area contributed by atoms with Gasteiger partial charge in [0, 0.05) is 57.9 Å². The van der Waals surface area contributed by atoms with Crippen LogP contribution < -0.4 is 5.32 Å². The molecule has 12 heteroatoms. The number of benzene rings is 2. The normalized spacial score (nSPS) is 15.9. The monoisotopic (exact) mass is 526 g/mol. The Hall–Kier alpha value is -2.38. The molecule has 0 aromatic heterocycles. The SMILES string of the molecule is CCN(CC)S(=O)(=O)c1ccc(C(=O)NCCN2CCN(S(=O)(=O)c3ccc(F)cc3)CC2)cc1. The topological polar surface area (TPSA) is 107 Å². The van der Waals surface area contributed by atoms with Crippen LogP contribution in [0.3, 0.4) is 0 Å². The molecule has 1 fully saturated rings. The Morgan fingerprint density at radius 3 is 1.97 bits per heavy atom. The third-order valence-corrected chi connectivity index (χ3v) is 9.93. The van der Waals surface area contributed by atoms with E-state index in [0.29, 0.717) is 57.9 Å². The molecule has 9 nitrogen and oxygen atoms in total. The molecular weight excluding hydrogens is 495 g/mol. The maximum absolute atomic E-state index is 13.1. The van der Waals surface area contributed by atoms with E-state index in [1.54, 1.807) is 13.8 Å². The van der Waals surface area contributed by atoms with Gasteiger partial charge in [0.05, 0.1) is 9.79 Å². The van der Waals surface area contributed by atoms with Gasteiger partial charge in [0.25, 0.3) is 5.91 Å². The van der Waals surface area contributed by atoms with E-state index in [0.717, 1.165) is 12.1 Å². The summed E-state index contributed by atoms with van der Waals surface area (Å²) in [5.41, 5.74) is 0.360. The Morgan fingerprint density at radius 1 is 0.886 bits per heavy atom. The summed E-state index contributed by atoms with van der Waals surface area (Å²) < 4.78 is 66.4. The van der Waals surface area contributed by atoms with Crippen molar-refractivity contribution in [2.24, 2.45) is 0 Å². The summed E-state index contributed by atoms with van der Waals surface area (Å²) in [6.45, 7) is 6.81. The molecule has 0 unspecified atom stereocenters. The van der Waals surface area contributed by atoms with Gasteiger partial charge < -0.3 is 5.32 Å². The van der Waals surface area contributed by atoms with E-state index < -0.39 is 25.9 Å². The smallest absolute Gasteiger partial charge is 0.251 e. The van der Waals surface area contributed by atoms with Gasteiger partial charge >= 0.3 is 0 Å². The van der Waals surface area contributed by atoms with Crippen molar-refractivity contribution in [3.63, 3.8) is 0 Å². The molecule has 1 aliphatic heterocycles. The van der Waals surface area contributed by atoms with Crippen LogP contribution in [0.25, 0.3) is 0 Å². The van der Waals surface area contributed by atoms with Gasteiger partial charge in [-0.15, -0.1) is 0 Å². The zero-order chi connectivity index (χ0) is 25.6. The van der Waals surface area contributed by atoms with Crippen molar-refractivity contribution in [2.75, 3.05) is 52.4 Å². The first-order valence-corrected chi connectivity index (χ1v) is 14.3. The minimum absolute atomic E-state index is 0.0653. The van der Waals surface area contributed by atoms with E-state index in [9.17, 15) is 26.0 Å². The zero-order valence-corrected chi connectivity index (χ0v) is 21.5. The first-order chi connectivity index (χ1) is 16.6. The average Bonchev–Trinajstić information content (AvgIpc) is 2.85. The third kappa shape index (κ3) is 6.44.